The Morgan fingerprint density at radius 3 is 0.833 bits per heavy atom. The summed E-state index contributed by atoms with van der Waals surface area (Å²) < 4.78 is 38.5. The van der Waals surface area contributed by atoms with Crippen molar-refractivity contribution < 1.29 is 40.4 Å². The molecule has 0 saturated heterocycles. The van der Waals surface area contributed by atoms with Gasteiger partial charge in [-0.3, -0.25) is 0 Å². The molecular formula is CuF4N+. The quantitative estimate of drug-likeness (QED) is 0.280. The normalized spacial score (nSPS) is 10.0. The van der Waals surface area contributed by atoms with Crippen molar-refractivity contribution in [1.82, 2.24) is 0 Å². The van der Waals surface area contributed by atoms with Gasteiger partial charge in [-0.15, -0.1) is 0 Å². The fourth-order valence-electron chi connectivity index (χ4n) is 0. The predicted octanol–water partition coefficient (Wildman–Crippen LogP) is 1.34. The molecule has 0 aromatic heterocycles. The third-order valence-corrected chi connectivity index (χ3v) is 0. The fraction of sp³-hybridized carbons (Fsp3) is 0. The molecule has 6 heteroatoms. The maximum absolute atomic E-state index is 9.62. The van der Waals surface area contributed by atoms with Gasteiger partial charge in [0.2, 0.25) is 0 Å². The Morgan fingerprint density at radius 1 is 0.833 bits per heavy atom. The summed E-state index contributed by atoms with van der Waals surface area (Å²) in [7, 11) is 0. The van der Waals surface area contributed by atoms with E-state index in [1.165, 1.54) is 0 Å². The van der Waals surface area contributed by atoms with Gasteiger partial charge >= 0.3 is 5.37 Å². The first-order chi connectivity index (χ1) is 2.00. The van der Waals surface area contributed by atoms with Gasteiger partial charge in [-0.05, 0) is 0 Å². The van der Waals surface area contributed by atoms with E-state index in [1.54, 1.807) is 0 Å². The van der Waals surface area contributed by atoms with Gasteiger partial charge in [0.1, 0.15) is 17.9 Å². The van der Waals surface area contributed by atoms with E-state index in [-0.39, 0.29) is 17.1 Å². The average Bonchev–Trinajstić information content (AvgIpc) is 0.722. The first-order valence-electron chi connectivity index (χ1n) is 0.676. The molecule has 0 aromatic carbocycles. The molecule has 43 valence electrons. The largest absolute Gasteiger partial charge is 0.440 e. The summed E-state index contributed by atoms with van der Waals surface area (Å²) in [5.74, 6) is 0. The van der Waals surface area contributed by atoms with Crippen LogP contribution in [0.2, 0.25) is 0 Å². The molecule has 0 aliphatic heterocycles. The van der Waals surface area contributed by atoms with E-state index in [1.807, 2.05) is 0 Å². The zero-order chi connectivity index (χ0) is 4.50. The first-order valence-corrected chi connectivity index (χ1v) is 0.676. The van der Waals surface area contributed by atoms with Crippen molar-refractivity contribution in [3.05, 3.63) is 0 Å². The van der Waals surface area contributed by atoms with Crippen LogP contribution in [0, 0.1) is 0 Å². The second kappa shape index (κ2) is 2.39. The molecule has 0 unspecified atom stereocenters. The Bertz CT molecular complexity index is 23.0. The average molecular weight is 154 g/mol. The molecule has 0 aliphatic carbocycles. The Balaban J connectivity index is 0. The minimum Gasteiger partial charge on any atom is 0 e. The Labute approximate surface area is 41.3 Å². The Morgan fingerprint density at radius 2 is 0.833 bits per heavy atom. The molecule has 0 aliphatic rings. The molecule has 0 rings (SSSR count). The molecule has 0 heterocycles. The second-order valence-electron chi connectivity index (χ2n) is 0.383. The second-order valence-corrected chi connectivity index (χ2v) is 0.383. The van der Waals surface area contributed by atoms with Gasteiger partial charge in [-0.25, -0.2) is 0 Å². The molecule has 0 spiro atoms. The van der Waals surface area contributed by atoms with Gasteiger partial charge in [0.15, 0.2) is 0 Å². The van der Waals surface area contributed by atoms with Crippen molar-refractivity contribution >= 4 is 0 Å². The van der Waals surface area contributed by atoms with Gasteiger partial charge in [0, 0.05) is 17.1 Å². The van der Waals surface area contributed by atoms with Crippen LogP contribution in [0.25, 0.3) is 0 Å². The van der Waals surface area contributed by atoms with Crippen LogP contribution < -0.4 is 0 Å². The van der Waals surface area contributed by atoms with Gasteiger partial charge < -0.3 is 0 Å². The molecule has 6 heavy (non-hydrogen) atoms. The predicted molar refractivity (Wildman–Crippen MR) is 4.69 cm³/mol. The van der Waals surface area contributed by atoms with Crippen LogP contribution in [0.1, 0.15) is 0 Å². The summed E-state index contributed by atoms with van der Waals surface area (Å²) in [4.78, 5) is 0. The van der Waals surface area contributed by atoms with E-state index in [2.05, 4.69) is 0 Å². The molecule has 0 aromatic rings. The van der Waals surface area contributed by atoms with Gasteiger partial charge in [0.25, 0.3) is 0 Å². The summed E-state index contributed by atoms with van der Waals surface area (Å²) in [6, 6.07) is 0. The van der Waals surface area contributed by atoms with Crippen LogP contribution >= 0.6 is 0 Å². The third-order valence-electron chi connectivity index (χ3n) is 0. The van der Waals surface area contributed by atoms with E-state index in [9.17, 15) is 17.9 Å². The summed E-state index contributed by atoms with van der Waals surface area (Å²) in [5.41, 5.74) is 0. The smallest absolute Gasteiger partial charge is 0 e. The zero-order valence-electron chi connectivity index (χ0n) is 2.26. The number of halogens is 4. The van der Waals surface area contributed by atoms with Crippen molar-refractivity contribution in [1.29, 1.82) is 0 Å². The number of quaternary nitrogens is 1. The van der Waals surface area contributed by atoms with Crippen molar-refractivity contribution in [3.63, 3.8) is 0 Å². The standard InChI is InChI=1S/Cu.F4N/c;1-5(2,3)4/q;+1. The fourth-order valence-corrected chi connectivity index (χ4v) is 0. The zero-order valence-corrected chi connectivity index (χ0v) is 3.20. The minimum absolute atomic E-state index is 0. The first kappa shape index (κ1) is 9.50. The molecule has 0 N–H and O–H groups in total. The number of nitrogens with zero attached hydrogens (tertiary/aromatic N) is 1. The van der Waals surface area contributed by atoms with Crippen molar-refractivity contribution in [3.8, 4) is 0 Å². The summed E-state index contributed by atoms with van der Waals surface area (Å²) in [6.45, 7) is 0. The molecular weight excluding hydrogens is 154 g/mol. The molecule has 0 bridgehead atoms. The monoisotopic (exact) mass is 153 g/mol. The third kappa shape index (κ3) is 1080. The van der Waals surface area contributed by atoms with Crippen LogP contribution in [-0.2, 0) is 17.1 Å². The summed E-state index contributed by atoms with van der Waals surface area (Å²) in [6.07, 6.45) is 0. The van der Waals surface area contributed by atoms with Gasteiger partial charge in [-0.1, -0.05) is 0 Å². The van der Waals surface area contributed by atoms with Crippen LogP contribution in [0.3, 0.4) is 0 Å². The minimum atomic E-state index is -5.00. The van der Waals surface area contributed by atoms with Crippen LogP contribution in [0.4, 0.5) is 17.9 Å². The van der Waals surface area contributed by atoms with Crippen molar-refractivity contribution in [2.24, 2.45) is 0 Å². The maximum Gasteiger partial charge on any atom is 0.440 e. The summed E-state index contributed by atoms with van der Waals surface area (Å²) in [5, 5.41) is -5.00. The topological polar surface area (TPSA) is 0 Å². The molecule has 1 nitrogen and oxygen atoms in total. The van der Waals surface area contributed by atoms with E-state index in [0.717, 1.165) is 0 Å². The SMILES string of the molecule is F[N+](F)(F)F.[Cu]. The molecule has 0 saturated carbocycles. The van der Waals surface area contributed by atoms with E-state index >= 15 is 0 Å². The maximum atomic E-state index is 9.62. The number of rotatable bonds is 0. The molecule has 0 fully saturated rings. The van der Waals surface area contributed by atoms with Crippen LogP contribution in [-0.4, -0.2) is 5.37 Å². The molecule has 0 atom stereocenters. The molecule has 1 radical (unpaired) electrons. The summed E-state index contributed by atoms with van der Waals surface area (Å²) >= 11 is 0. The van der Waals surface area contributed by atoms with Crippen molar-refractivity contribution in [2.75, 3.05) is 0 Å². The van der Waals surface area contributed by atoms with Crippen LogP contribution in [0.15, 0.2) is 0 Å². The molecule has 0 amide bonds. The van der Waals surface area contributed by atoms with Crippen LogP contribution in [0.5, 0.6) is 0 Å². The number of hydrogen-bond donors (Lipinski definition) is 0. The number of hydrogen-bond acceptors (Lipinski definition) is 0. The van der Waals surface area contributed by atoms with E-state index in [0.29, 0.717) is 0 Å². The Hall–Kier alpha value is 0.199. The van der Waals surface area contributed by atoms with Gasteiger partial charge in [0.05, 0.1) is 0 Å². The van der Waals surface area contributed by atoms with E-state index < -0.39 is 5.37 Å². The van der Waals surface area contributed by atoms with Crippen molar-refractivity contribution in [2.45, 2.75) is 0 Å². The Kier molecular flexibility index (Phi) is 3.78. The van der Waals surface area contributed by atoms with E-state index in [4.69, 9.17) is 0 Å². The van der Waals surface area contributed by atoms with Gasteiger partial charge in [-0.2, -0.15) is 0 Å².